The van der Waals surface area contributed by atoms with Gasteiger partial charge in [-0.2, -0.15) is 0 Å². The van der Waals surface area contributed by atoms with Gasteiger partial charge in [-0.25, -0.2) is 13.2 Å². The maximum atomic E-state index is 12.8. The zero-order chi connectivity index (χ0) is 22.8. The number of benzene rings is 1. The van der Waals surface area contributed by atoms with Crippen LogP contribution in [0.3, 0.4) is 0 Å². The molecule has 2 N–H and O–H groups in total. The average Bonchev–Trinajstić information content (AvgIpc) is 3.14. The second-order valence-corrected chi connectivity index (χ2v) is 10.2. The van der Waals surface area contributed by atoms with Crippen molar-refractivity contribution in [3.05, 3.63) is 45.8 Å². The fraction of sp³-hybridized carbons (Fsp3) is 0.350. The van der Waals surface area contributed by atoms with Crippen molar-refractivity contribution in [2.24, 2.45) is 0 Å². The molecule has 0 radical (unpaired) electrons. The lowest BCUT2D eigenvalue weighted by Crippen LogP contribution is -2.35. The smallest absolute Gasteiger partial charge is 0.409 e. The summed E-state index contributed by atoms with van der Waals surface area (Å²) in [4.78, 5) is 39.6. The minimum absolute atomic E-state index is 0.0304. The van der Waals surface area contributed by atoms with Gasteiger partial charge in [0.15, 0.2) is 9.84 Å². The summed E-state index contributed by atoms with van der Waals surface area (Å²) in [6, 6.07) is 5.65. The number of ether oxygens (including phenoxy) is 1. The molecule has 2 aromatic rings. The second kappa shape index (κ2) is 9.06. The summed E-state index contributed by atoms with van der Waals surface area (Å²) in [6.45, 7) is 2.24. The van der Waals surface area contributed by atoms with Gasteiger partial charge in [0, 0.05) is 24.0 Å². The molecule has 31 heavy (non-hydrogen) atoms. The van der Waals surface area contributed by atoms with Gasteiger partial charge in [-0.15, -0.1) is 11.3 Å². The van der Waals surface area contributed by atoms with E-state index in [1.807, 2.05) is 0 Å². The van der Waals surface area contributed by atoms with Crippen molar-refractivity contribution in [2.45, 2.75) is 24.8 Å². The second-order valence-electron chi connectivity index (χ2n) is 6.81. The van der Waals surface area contributed by atoms with Gasteiger partial charge in [0.1, 0.15) is 5.00 Å². The normalized spacial score (nSPS) is 13.3. The van der Waals surface area contributed by atoms with Crippen LogP contribution < -0.4 is 10.6 Å². The van der Waals surface area contributed by atoms with E-state index in [1.165, 1.54) is 54.7 Å². The highest BCUT2D eigenvalue weighted by Gasteiger charge is 2.30. The molecule has 0 atom stereocenters. The van der Waals surface area contributed by atoms with Crippen molar-refractivity contribution in [1.29, 1.82) is 0 Å². The quantitative estimate of drug-likeness (QED) is 0.699. The molecule has 1 aliphatic rings. The predicted molar refractivity (Wildman–Crippen MR) is 116 cm³/mol. The van der Waals surface area contributed by atoms with E-state index in [9.17, 15) is 22.8 Å². The van der Waals surface area contributed by atoms with Crippen LogP contribution in [-0.2, 0) is 27.5 Å². The van der Waals surface area contributed by atoms with Crippen molar-refractivity contribution in [2.75, 3.05) is 31.8 Å². The molecule has 2 heterocycles. The number of nitrogens with one attached hydrogen (secondary N) is 2. The van der Waals surface area contributed by atoms with Crippen LogP contribution in [0, 0.1) is 0 Å². The molecule has 3 rings (SSSR count). The van der Waals surface area contributed by atoms with Gasteiger partial charge in [0.25, 0.3) is 11.8 Å². The largest absolute Gasteiger partial charge is 0.453 e. The molecule has 1 aromatic heterocycles. The van der Waals surface area contributed by atoms with E-state index in [-0.39, 0.29) is 28.7 Å². The molecule has 0 aliphatic carbocycles. The highest BCUT2D eigenvalue weighted by atomic mass is 32.2. The molecular formula is C20H23N3O6S2. The van der Waals surface area contributed by atoms with Gasteiger partial charge in [-0.1, -0.05) is 6.92 Å². The van der Waals surface area contributed by atoms with Crippen molar-refractivity contribution in [3.8, 4) is 0 Å². The summed E-state index contributed by atoms with van der Waals surface area (Å²) in [5, 5.41) is 5.74. The summed E-state index contributed by atoms with van der Waals surface area (Å²) in [5.41, 5.74) is 1.44. The Morgan fingerprint density at radius 1 is 1.16 bits per heavy atom. The van der Waals surface area contributed by atoms with Crippen molar-refractivity contribution < 1.29 is 27.5 Å². The van der Waals surface area contributed by atoms with Crippen LogP contribution >= 0.6 is 11.3 Å². The number of sulfone groups is 1. The number of carbonyl (C=O) groups excluding carboxylic acids is 3. The fourth-order valence-corrected chi connectivity index (χ4v) is 5.44. The number of amides is 3. The lowest BCUT2D eigenvalue weighted by molar-refractivity contribution is 0.0962. The standard InChI is InChI=1S/C20H23N3O6S2/c1-4-31(27,28)13-7-5-12(6-8-13)17(24)22-19-16(18(25)21-2)14-9-10-23(20(26)29-3)11-15(14)30-19/h5-8H,4,9-11H2,1-3H3,(H,21,25)(H,22,24). The molecule has 9 nitrogen and oxygen atoms in total. The molecule has 3 amide bonds. The number of methoxy groups -OCH3 is 1. The summed E-state index contributed by atoms with van der Waals surface area (Å²) < 4.78 is 28.7. The van der Waals surface area contributed by atoms with Crippen LogP contribution in [0.5, 0.6) is 0 Å². The zero-order valence-electron chi connectivity index (χ0n) is 17.4. The molecule has 11 heteroatoms. The number of fused-ring (bicyclic) bond motifs is 1. The first kappa shape index (κ1) is 22.8. The number of hydrogen-bond acceptors (Lipinski definition) is 7. The molecule has 0 saturated carbocycles. The molecule has 0 bridgehead atoms. The average molecular weight is 466 g/mol. The Bertz CT molecular complexity index is 1120. The molecule has 1 aliphatic heterocycles. The Hall–Kier alpha value is -2.92. The minimum atomic E-state index is -3.36. The summed E-state index contributed by atoms with van der Waals surface area (Å²) in [5.74, 6) is -0.824. The summed E-state index contributed by atoms with van der Waals surface area (Å²) in [6.07, 6.45) is 0.0107. The summed E-state index contributed by atoms with van der Waals surface area (Å²) in [7, 11) is -0.544. The Balaban J connectivity index is 1.89. The van der Waals surface area contributed by atoms with Gasteiger partial charge in [-0.05, 0) is 36.2 Å². The van der Waals surface area contributed by atoms with E-state index in [4.69, 9.17) is 4.74 Å². The topological polar surface area (TPSA) is 122 Å². The van der Waals surface area contributed by atoms with Crippen molar-refractivity contribution in [1.82, 2.24) is 10.2 Å². The van der Waals surface area contributed by atoms with Crippen LogP contribution in [0.4, 0.5) is 9.80 Å². The monoisotopic (exact) mass is 465 g/mol. The van der Waals surface area contributed by atoms with E-state index in [1.54, 1.807) is 6.92 Å². The number of anilines is 1. The number of hydrogen-bond donors (Lipinski definition) is 2. The first-order chi connectivity index (χ1) is 14.7. The molecule has 0 fully saturated rings. The highest BCUT2D eigenvalue weighted by molar-refractivity contribution is 7.91. The van der Waals surface area contributed by atoms with Gasteiger partial charge >= 0.3 is 6.09 Å². The highest BCUT2D eigenvalue weighted by Crippen LogP contribution is 2.37. The third-order valence-electron chi connectivity index (χ3n) is 5.03. The lowest BCUT2D eigenvalue weighted by Gasteiger charge is -2.25. The maximum Gasteiger partial charge on any atom is 0.409 e. The van der Waals surface area contributed by atoms with Crippen LogP contribution in [0.15, 0.2) is 29.2 Å². The number of nitrogens with zero attached hydrogens (tertiary/aromatic N) is 1. The van der Waals surface area contributed by atoms with Gasteiger partial charge in [0.05, 0.1) is 29.9 Å². The van der Waals surface area contributed by atoms with E-state index in [2.05, 4.69) is 10.6 Å². The van der Waals surface area contributed by atoms with Crippen LogP contribution in [-0.4, -0.2) is 57.7 Å². The zero-order valence-corrected chi connectivity index (χ0v) is 19.0. The molecular weight excluding hydrogens is 442 g/mol. The SMILES string of the molecule is CCS(=O)(=O)c1ccc(C(=O)Nc2sc3c(c2C(=O)NC)CCN(C(=O)OC)C3)cc1. The molecule has 0 spiro atoms. The number of rotatable bonds is 5. The Morgan fingerprint density at radius 2 is 1.84 bits per heavy atom. The van der Waals surface area contributed by atoms with Crippen LogP contribution in [0.2, 0.25) is 0 Å². The van der Waals surface area contributed by atoms with Gasteiger partial charge < -0.3 is 20.3 Å². The van der Waals surface area contributed by atoms with Crippen molar-refractivity contribution in [3.63, 3.8) is 0 Å². The fourth-order valence-electron chi connectivity index (χ4n) is 3.30. The van der Waals surface area contributed by atoms with Gasteiger partial charge in [-0.3, -0.25) is 9.59 Å². The van der Waals surface area contributed by atoms with Crippen molar-refractivity contribution >= 4 is 44.1 Å². The molecule has 0 unspecified atom stereocenters. The van der Waals surface area contributed by atoms with E-state index < -0.39 is 21.8 Å². The molecule has 0 saturated heterocycles. The lowest BCUT2D eigenvalue weighted by atomic mass is 10.0. The van der Waals surface area contributed by atoms with E-state index in [0.717, 1.165) is 10.4 Å². The van der Waals surface area contributed by atoms with Gasteiger partial charge in [0.2, 0.25) is 0 Å². The molecule has 166 valence electrons. The predicted octanol–water partition coefficient (Wildman–Crippen LogP) is 2.28. The Kier molecular flexibility index (Phi) is 6.65. The third-order valence-corrected chi connectivity index (χ3v) is 7.91. The summed E-state index contributed by atoms with van der Waals surface area (Å²) >= 11 is 1.23. The third kappa shape index (κ3) is 4.57. The number of thiophene rings is 1. The van der Waals surface area contributed by atoms with E-state index >= 15 is 0 Å². The van der Waals surface area contributed by atoms with Crippen LogP contribution in [0.1, 0.15) is 38.1 Å². The van der Waals surface area contributed by atoms with E-state index in [0.29, 0.717) is 23.5 Å². The molecule has 1 aromatic carbocycles. The number of carbonyl (C=O) groups is 3. The minimum Gasteiger partial charge on any atom is -0.453 e. The maximum absolute atomic E-state index is 12.8. The first-order valence-corrected chi connectivity index (χ1v) is 12.0. The van der Waals surface area contributed by atoms with Crippen LogP contribution in [0.25, 0.3) is 0 Å². The Labute approximate surface area is 184 Å². The first-order valence-electron chi connectivity index (χ1n) is 9.55. The Morgan fingerprint density at radius 3 is 2.42 bits per heavy atom.